The third-order valence-electron chi connectivity index (χ3n) is 4.76. The maximum absolute atomic E-state index is 12.2. The van der Waals surface area contributed by atoms with Crippen LogP contribution in [0.5, 0.6) is 5.75 Å². The van der Waals surface area contributed by atoms with E-state index in [1.165, 1.54) is 0 Å². The molecule has 0 saturated heterocycles. The molecule has 1 aliphatic heterocycles. The van der Waals surface area contributed by atoms with Gasteiger partial charge in [0, 0.05) is 16.1 Å². The van der Waals surface area contributed by atoms with E-state index in [4.69, 9.17) is 10.5 Å². The number of nitrogens with two attached hydrogens (primary N) is 1. The highest BCUT2D eigenvalue weighted by atomic mass is 79.9. The zero-order chi connectivity index (χ0) is 19.3. The lowest BCUT2D eigenvalue weighted by Crippen LogP contribution is -2.19. The van der Waals surface area contributed by atoms with Crippen molar-refractivity contribution < 1.29 is 9.53 Å². The summed E-state index contributed by atoms with van der Waals surface area (Å²) in [6, 6.07) is 9.53. The Morgan fingerprint density at radius 3 is 3.07 bits per heavy atom. The van der Waals surface area contributed by atoms with Gasteiger partial charge in [0.2, 0.25) is 0 Å². The molecule has 1 aromatic carbocycles. The van der Waals surface area contributed by atoms with Crippen LogP contribution in [0.4, 0.5) is 0 Å². The van der Waals surface area contributed by atoms with E-state index in [9.17, 15) is 4.79 Å². The highest BCUT2D eigenvalue weighted by Gasteiger charge is 2.26. The van der Waals surface area contributed by atoms with Crippen molar-refractivity contribution >= 4 is 32.9 Å². The van der Waals surface area contributed by atoms with Gasteiger partial charge >= 0.3 is 0 Å². The minimum Gasteiger partial charge on any atom is -0.491 e. The molecule has 0 aliphatic carbocycles. The van der Waals surface area contributed by atoms with Gasteiger partial charge in [0.15, 0.2) is 11.3 Å². The zero-order valence-corrected chi connectivity index (χ0v) is 16.3. The fraction of sp³-hybridized carbons (Fsp3) is 0.158. The van der Waals surface area contributed by atoms with Crippen molar-refractivity contribution in [3.63, 3.8) is 0 Å². The average Bonchev–Trinajstić information content (AvgIpc) is 3.20. The number of pyridine rings is 1. The Morgan fingerprint density at radius 2 is 2.21 bits per heavy atom. The number of aromatic nitrogens is 5. The zero-order valence-electron chi connectivity index (χ0n) is 14.7. The van der Waals surface area contributed by atoms with E-state index >= 15 is 0 Å². The molecule has 5 rings (SSSR count). The molecule has 3 aromatic heterocycles. The van der Waals surface area contributed by atoms with E-state index in [0.29, 0.717) is 31.2 Å². The molecule has 140 valence electrons. The molecule has 1 amide bonds. The largest absolute Gasteiger partial charge is 0.491 e. The smallest absolute Gasteiger partial charge is 0.269 e. The second-order valence-electron chi connectivity index (χ2n) is 6.45. The summed E-state index contributed by atoms with van der Waals surface area (Å²) in [4.78, 5) is 21.1. The number of carbonyl (C=O) groups excluding carboxylic acids is 1. The first kappa shape index (κ1) is 16.9. The standard InChI is InChI=1S/C19H15BrN6O2/c20-12-3-4-15-13(8-12)19-24-16(17(21)27)14(25(19)6-7-28-15)10-26-18-11(9-23-26)2-1-5-22-18/h1-5,8-9H,6-7,10H2,(H2,21,27). The second kappa shape index (κ2) is 6.45. The molecule has 0 saturated carbocycles. The summed E-state index contributed by atoms with van der Waals surface area (Å²) in [5.41, 5.74) is 8.13. The number of fused-ring (bicyclic) bond motifs is 4. The Labute approximate surface area is 168 Å². The summed E-state index contributed by atoms with van der Waals surface area (Å²) < 4.78 is 10.5. The predicted octanol–water partition coefficient (Wildman–Crippen LogP) is 2.60. The van der Waals surface area contributed by atoms with Crippen LogP contribution >= 0.6 is 15.9 Å². The summed E-state index contributed by atoms with van der Waals surface area (Å²) in [7, 11) is 0. The lowest BCUT2D eigenvalue weighted by molar-refractivity contribution is 0.0994. The van der Waals surface area contributed by atoms with Gasteiger partial charge in [-0.3, -0.25) is 4.79 Å². The molecular weight excluding hydrogens is 424 g/mol. The maximum atomic E-state index is 12.2. The topological polar surface area (TPSA) is 101 Å². The van der Waals surface area contributed by atoms with E-state index in [1.54, 1.807) is 17.1 Å². The number of hydrogen-bond acceptors (Lipinski definition) is 5. The molecule has 0 radical (unpaired) electrons. The fourth-order valence-corrected chi connectivity index (χ4v) is 3.87. The highest BCUT2D eigenvalue weighted by molar-refractivity contribution is 9.10. The lowest BCUT2D eigenvalue weighted by Gasteiger charge is -2.10. The van der Waals surface area contributed by atoms with Crippen LogP contribution in [0.3, 0.4) is 0 Å². The number of imidazole rings is 1. The van der Waals surface area contributed by atoms with E-state index in [-0.39, 0.29) is 5.69 Å². The van der Waals surface area contributed by atoms with Gasteiger partial charge in [0.05, 0.1) is 30.5 Å². The fourth-order valence-electron chi connectivity index (χ4n) is 3.51. The van der Waals surface area contributed by atoms with Gasteiger partial charge in [-0.25, -0.2) is 14.6 Å². The van der Waals surface area contributed by atoms with E-state index in [1.807, 2.05) is 34.9 Å². The van der Waals surface area contributed by atoms with Crippen molar-refractivity contribution in [2.75, 3.05) is 6.61 Å². The molecule has 4 aromatic rings. The highest BCUT2D eigenvalue weighted by Crippen LogP contribution is 2.35. The first-order valence-corrected chi connectivity index (χ1v) is 9.49. The van der Waals surface area contributed by atoms with Gasteiger partial charge < -0.3 is 15.0 Å². The van der Waals surface area contributed by atoms with Crippen LogP contribution in [0, 0.1) is 0 Å². The van der Waals surface area contributed by atoms with Gasteiger partial charge in [-0.2, -0.15) is 5.10 Å². The number of halogens is 1. The molecule has 1 aliphatic rings. The number of primary amides is 1. The molecule has 9 heteroatoms. The normalized spacial score (nSPS) is 12.9. The summed E-state index contributed by atoms with van der Waals surface area (Å²) in [6.45, 7) is 1.33. The van der Waals surface area contributed by atoms with Crippen molar-refractivity contribution in [2.24, 2.45) is 5.73 Å². The molecule has 28 heavy (non-hydrogen) atoms. The number of benzene rings is 1. The number of rotatable bonds is 3. The van der Waals surface area contributed by atoms with Crippen molar-refractivity contribution in [2.45, 2.75) is 13.1 Å². The number of amides is 1. The van der Waals surface area contributed by atoms with E-state index < -0.39 is 5.91 Å². The number of ether oxygens (including phenoxy) is 1. The van der Waals surface area contributed by atoms with Crippen LogP contribution in [0.25, 0.3) is 22.4 Å². The summed E-state index contributed by atoms with van der Waals surface area (Å²) in [6.07, 6.45) is 3.47. The maximum Gasteiger partial charge on any atom is 0.269 e. The molecule has 0 atom stereocenters. The molecule has 4 heterocycles. The lowest BCUT2D eigenvalue weighted by atomic mass is 10.2. The predicted molar refractivity (Wildman–Crippen MR) is 106 cm³/mol. The van der Waals surface area contributed by atoms with Crippen LogP contribution in [0.15, 0.2) is 47.2 Å². The molecule has 0 unspecified atom stereocenters. The summed E-state index contributed by atoms with van der Waals surface area (Å²) in [5.74, 6) is 0.806. The van der Waals surface area contributed by atoms with Gasteiger partial charge in [0.1, 0.15) is 18.2 Å². The molecule has 0 spiro atoms. The second-order valence-corrected chi connectivity index (χ2v) is 7.37. The van der Waals surface area contributed by atoms with Crippen LogP contribution in [-0.4, -0.2) is 36.8 Å². The number of hydrogen-bond donors (Lipinski definition) is 1. The Morgan fingerprint density at radius 1 is 1.32 bits per heavy atom. The Kier molecular flexibility index (Phi) is 3.90. The SMILES string of the molecule is NC(=O)c1nc2n(c1Cn1ncc3cccnc31)CCOc1ccc(Br)cc1-2. The third kappa shape index (κ3) is 2.66. The third-order valence-corrected chi connectivity index (χ3v) is 5.25. The van der Waals surface area contributed by atoms with Crippen LogP contribution in [0.1, 0.15) is 16.2 Å². The first-order chi connectivity index (χ1) is 13.6. The van der Waals surface area contributed by atoms with Crippen molar-refractivity contribution in [3.05, 3.63) is 58.6 Å². The summed E-state index contributed by atoms with van der Waals surface area (Å²) in [5, 5.41) is 5.35. The summed E-state index contributed by atoms with van der Waals surface area (Å²) >= 11 is 3.49. The van der Waals surface area contributed by atoms with Gasteiger partial charge in [-0.15, -0.1) is 0 Å². The molecule has 2 N–H and O–H groups in total. The van der Waals surface area contributed by atoms with Gasteiger partial charge in [-0.05, 0) is 30.3 Å². The minimum atomic E-state index is -0.572. The van der Waals surface area contributed by atoms with Gasteiger partial charge in [-0.1, -0.05) is 15.9 Å². The van der Waals surface area contributed by atoms with Gasteiger partial charge in [0.25, 0.3) is 5.91 Å². The molecule has 8 nitrogen and oxygen atoms in total. The average molecular weight is 439 g/mol. The monoisotopic (exact) mass is 438 g/mol. The van der Waals surface area contributed by atoms with E-state index in [0.717, 1.165) is 26.8 Å². The minimum absolute atomic E-state index is 0.238. The quantitative estimate of drug-likeness (QED) is 0.529. The van der Waals surface area contributed by atoms with Crippen molar-refractivity contribution in [3.8, 4) is 17.1 Å². The molecule has 0 fully saturated rings. The van der Waals surface area contributed by atoms with Crippen molar-refractivity contribution in [1.29, 1.82) is 0 Å². The molecule has 0 bridgehead atoms. The van der Waals surface area contributed by atoms with E-state index in [2.05, 4.69) is 31.0 Å². The first-order valence-electron chi connectivity index (χ1n) is 8.70. The van der Waals surface area contributed by atoms with Crippen LogP contribution < -0.4 is 10.5 Å². The van der Waals surface area contributed by atoms with Crippen LogP contribution in [0.2, 0.25) is 0 Å². The Balaban J connectivity index is 1.70. The molecular formula is C19H15BrN6O2. The Bertz CT molecular complexity index is 1230. The number of carbonyl (C=O) groups is 1. The van der Waals surface area contributed by atoms with Crippen molar-refractivity contribution in [1.82, 2.24) is 24.3 Å². The Hall–Kier alpha value is -3.20. The number of nitrogens with zero attached hydrogens (tertiary/aromatic N) is 5. The van der Waals surface area contributed by atoms with Crippen LogP contribution in [-0.2, 0) is 13.1 Å².